The molecule has 2 aliphatic carbocycles. The van der Waals surface area contributed by atoms with Gasteiger partial charge >= 0.3 is 0 Å². The first-order valence-electron chi connectivity index (χ1n) is 7.79. The third kappa shape index (κ3) is 2.79. The molecule has 2 bridgehead atoms. The fourth-order valence-corrected chi connectivity index (χ4v) is 4.05. The molecular formula is C14H20ClN5O. The molecule has 0 radical (unpaired) electrons. The van der Waals surface area contributed by atoms with Crippen LogP contribution in [0.5, 0.6) is 0 Å². The van der Waals surface area contributed by atoms with Crippen LogP contribution in [0.1, 0.15) is 25.7 Å². The first-order valence-corrected chi connectivity index (χ1v) is 8.16. The summed E-state index contributed by atoms with van der Waals surface area (Å²) in [5.74, 6) is 2.94. The molecule has 0 spiro atoms. The van der Waals surface area contributed by atoms with Crippen LogP contribution in [0, 0.1) is 11.8 Å². The van der Waals surface area contributed by atoms with Crippen LogP contribution in [0.15, 0.2) is 0 Å². The third-order valence-corrected chi connectivity index (χ3v) is 5.11. The van der Waals surface area contributed by atoms with Gasteiger partial charge in [-0.3, -0.25) is 0 Å². The van der Waals surface area contributed by atoms with Crippen molar-refractivity contribution in [2.75, 3.05) is 36.5 Å². The van der Waals surface area contributed by atoms with E-state index >= 15 is 0 Å². The van der Waals surface area contributed by atoms with Gasteiger partial charge in [-0.15, -0.1) is 0 Å². The Morgan fingerprint density at radius 2 is 1.95 bits per heavy atom. The summed E-state index contributed by atoms with van der Waals surface area (Å²) in [7, 11) is 0. The average Bonchev–Trinajstić information content (AvgIpc) is 3.10. The maximum Gasteiger partial charge on any atom is 0.231 e. The van der Waals surface area contributed by atoms with Crippen molar-refractivity contribution in [3.8, 4) is 0 Å². The Labute approximate surface area is 129 Å². The molecule has 6 nitrogen and oxygen atoms in total. The topological polar surface area (TPSA) is 63.2 Å². The van der Waals surface area contributed by atoms with Crippen LogP contribution >= 0.6 is 11.6 Å². The molecule has 1 aromatic rings. The van der Waals surface area contributed by atoms with Crippen molar-refractivity contribution >= 4 is 23.5 Å². The lowest BCUT2D eigenvalue weighted by Gasteiger charge is -2.27. The fraction of sp³-hybridized carbons (Fsp3) is 0.786. The van der Waals surface area contributed by atoms with E-state index in [-0.39, 0.29) is 5.28 Å². The minimum Gasteiger partial charge on any atom is -0.378 e. The number of nitrogens with zero attached hydrogens (tertiary/aromatic N) is 4. The van der Waals surface area contributed by atoms with Gasteiger partial charge in [-0.1, -0.05) is 6.42 Å². The maximum atomic E-state index is 6.07. The molecule has 3 unspecified atom stereocenters. The monoisotopic (exact) mass is 309 g/mol. The van der Waals surface area contributed by atoms with Crippen molar-refractivity contribution in [1.29, 1.82) is 0 Å². The van der Waals surface area contributed by atoms with E-state index in [1.54, 1.807) is 0 Å². The molecular weight excluding hydrogens is 290 g/mol. The van der Waals surface area contributed by atoms with E-state index in [9.17, 15) is 0 Å². The Hall–Kier alpha value is -1.14. The van der Waals surface area contributed by atoms with Crippen molar-refractivity contribution < 1.29 is 4.74 Å². The summed E-state index contributed by atoms with van der Waals surface area (Å²) in [4.78, 5) is 15.2. The van der Waals surface area contributed by atoms with E-state index in [0.717, 1.165) is 24.9 Å². The minimum absolute atomic E-state index is 0.261. The molecule has 1 N–H and O–H groups in total. The lowest BCUT2D eigenvalue weighted by atomic mass is 9.95. The molecule has 0 aromatic carbocycles. The molecule has 3 aliphatic rings. The van der Waals surface area contributed by atoms with E-state index < -0.39 is 0 Å². The second-order valence-electron chi connectivity index (χ2n) is 6.25. The highest BCUT2D eigenvalue weighted by atomic mass is 35.5. The first kappa shape index (κ1) is 13.5. The second-order valence-corrected chi connectivity index (χ2v) is 6.59. The van der Waals surface area contributed by atoms with E-state index in [1.807, 2.05) is 0 Å². The zero-order valence-electron chi connectivity index (χ0n) is 12.0. The van der Waals surface area contributed by atoms with Crippen molar-refractivity contribution in [3.63, 3.8) is 0 Å². The third-order valence-electron chi connectivity index (χ3n) is 4.94. The summed E-state index contributed by atoms with van der Waals surface area (Å²) in [6.45, 7) is 3.01. The van der Waals surface area contributed by atoms with Gasteiger partial charge in [0.2, 0.25) is 17.2 Å². The van der Waals surface area contributed by atoms with Gasteiger partial charge in [0.25, 0.3) is 0 Å². The van der Waals surface area contributed by atoms with Crippen LogP contribution in [0.2, 0.25) is 5.28 Å². The first-order chi connectivity index (χ1) is 10.3. The zero-order valence-corrected chi connectivity index (χ0v) is 12.7. The molecule has 114 valence electrons. The van der Waals surface area contributed by atoms with Gasteiger partial charge in [-0.25, -0.2) is 0 Å². The Morgan fingerprint density at radius 3 is 2.67 bits per heavy atom. The van der Waals surface area contributed by atoms with Crippen LogP contribution in [-0.2, 0) is 4.74 Å². The van der Waals surface area contributed by atoms with Gasteiger partial charge in [-0.2, -0.15) is 15.0 Å². The molecule has 4 rings (SSSR count). The molecule has 1 aliphatic heterocycles. The number of morpholine rings is 1. The molecule has 3 fully saturated rings. The predicted octanol–water partition coefficient (Wildman–Crippen LogP) is 1.96. The Balaban J connectivity index is 1.50. The van der Waals surface area contributed by atoms with Crippen molar-refractivity contribution in [2.45, 2.75) is 31.7 Å². The van der Waals surface area contributed by atoms with Gasteiger partial charge in [0.1, 0.15) is 0 Å². The van der Waals surface area contributed by atoms with E-state index in [1.165, 1.54) is 25.7 Å². The molecule has 3 atom stereocenters. The maximum absolute atomic E-state index is 6.07. The Bertz CT molecular complexity index is 522. The standard InChI is InChI=1S/C14H20ClN5O/c15-12-17-13(16-11-8-9-1-2-10(11)7-9)19-14(18-12)20-3-5-21-6-4-20/h9-11H,1-8H2,(H,16,17,18,19). The Kier molecular flexibility index (Phi) is 3.59. The van der Waals surface area contributed by atoms with E-state index in [2.05, 4.69) is 25.2 Å². The normalized spacial score (nSPS) is 31.7. The number of halogens is 1. The minimum atomic E-state index is 0.261. The Morgan fingerprint density at radius 1 is 1.10 bits per heavy atom. The molecule has 2 saturated carbocycles. The van der Waals surface area contributed by atoms with Gasteiger partial charge in [0.05, 0.1) is 13.2 Å². The number of nitrogens with one attached hydrogen (secondary N) is 1. The van der Waals surface area contributed by atoms with Crippen molar-refractivity contribution in [3.05, 3.63) is 5.28 Å². The van der Waals surface area contributed by atoms with Crippen LogP contribution in [0.25, 0.3) is 0 Å². The van der Waals surface area contributed by atoms with Gasteiger partial charge in [-0.05, 0) is 42.7 Å². The summed E-state index contributed by atoms with van der Waals surface area (Å²) in [5.41, 5.74) is 0. The fourth-order valence-electron chi connectivity index (χ4n) is 3.90. The highest BCUT2D eigenvalue weighted by Crippen LogP contribution is 2.45. The molecule has 0 amide bonds. The van der Waals surface area contributed by atoms with E-state index in [0.29, 0.717) is 31.2 Å². The number of hydrogen-bond donors (Lipinski definition) is 1. The summed E-state index contributed by atoms with van der Waals surface area (Å²) in [5, 5.41) is 3.75. The highest BCUT2D eigenvalue weighted by molar-refractivity contribution is 6.28. The molecule has 2 heterocycles. The van der Waals surface area contributed by atoms with Crippen LogP contribution in [0.4, 0.5) is 11.9 Å². The number of rotatable bonds is 3. The lowest BCUT2D eigenvalue weighted by Crippen LogP contribution is -2.37. The van der Waals surface area contributed by atoms with Gasteiger partial charge in [0.15, 0.2) is 0 Å². The summed E-state index contributed by atoms with van der Waals surface area (Å²) in [6, 6.07) is 0.500. The molecule has 21 heavy (non-hydrogen) atoms. The number of aromatic nitrogens is 3. The predicted molar refractivity (Wildman–Crippen MR) is 80.7 cm³/mol. The molecule has 1 aromatic heterocycles. The van der Waals surface area contributed by atoms with Gasteiger partial charge < -0.3 is 15.0 Å². The number of hydrogen-bond acceptors (Lipinski definition) is 6. The SMILES string of the molecule is Clc1nc(NC2CC3CCC2C3)nc(N2CCOCC2)n1. The molecule has 7 heteroatoms. The number of fused-ring (bicyclic) bond motifs is 2. The summed E-state index contributed by atoms with van der Waals surface area (Å²) >= 11 is 6.07. The van der Waals surface area contributed by atoms with Crippen LogP contribution < -0.4 is 10.2 Å². The lowest BCUT2D eigenvalue weighted by molar-refractivity contribution is 0.122. The number of anilines is 2. The largest absolute Gasteiger partial charge is 0.378 e. The smallest absolute Gasteiger partial charge is 0.231 e. The van der Waals surface area contributed by atoms with E-state index in [4.69, 9.17) is 16.3 Å². The summed E-state index contributed by atoms with van der Waals surface area (Å²) in [6.07, 6.45) is 5.31. The number of ether oxygens (including phenoxy) is 1. The average molecular weight is 310 g/mol. The van der Waals surface area contributed by atoms with Crippen molar-refractivity contribution in [1.82, 2.24) is 15.0 Å². The quantitative estimate of drug-likeness (QED) is 0.921. The highest BCUT2D eigenvalue weighted by Gasteiger charge is 2.39. The van der Waals surface area contributed by atoms with Crippen LogP contribution in [0.3, 0.4) is 0 Å². The van der Waals surface area contributed by atoms with Crippen LogP contribution in [-0.4, -0.2) is 47.3 Å². The van der Waals surface area contributed by atoms with Gasteiger partial charge in [0, 0.05) is 19.1 Å². The van der Waals surface area contributed by atoms with Crippen molar-refractivity contribution in [2.24, 2.45) is 11.8 Å². The molecule has 1 saturated heterocycles. The zero-order chi connectivity index (χ0) is 14.2. The second kappa shape index (κ2) is 5.57. The summed E-state index contributed by atoms with van der Waals surface area (Å²) < 4.78 is 5.36.